The predicted molar refractivity (Wildman–Crippen MR) is 73.9 cm³/mol. The second-order valence-electron chi connectivity index (χ2n) is 4.17. The zero-order chi connectivity index (χ0) is 15.4. The van der Waals surface area contributed by atoms with Gasteiger partial charge in [-0.1, -0.05) is 0 Å². The first-order valence-electron chi connectivity index (χ1n) is 6.26. The molecule has 0 radical (unpaired) electrons. The molecule has 0 aliphatic carbocycles. The van der Waals surface area contributed by atoms with Gasteiger partial charge >= 0.3 is 5.97 Å². The van der Waals surface area contributed by atoms with Crippen LogP contribution in [0.25, 0.3) is 0 Å². The van der Waals surface area contributed by atoms with Gasteiger partial charge in [-0.3, -0.25) is 4.68 Å². The van der Waals surface area contributed by atoms with Gasteiger partial charge in [0.05, 0.1) is 12.8 Å². The van der Waals surface area contributed by atoms with Gasteiger partial charge in [0.2, 0.25) is 0 Å². The number of anilines is 2. The Bertz CT molecular complexity index is 716. The van der Waals surface area contributed by atoms with Gasteiger partial charge in [0.15, 0.2) is 0 Å². The highest BCUT2D eigenvalue weighted by atomic mass is 16.5. The monoisotopic (exact) mass is 286 g/mol. The fourth-order valence-electron chi connectivity index (χ4n) is 1.70. The van der Waals surface area contributed by atoms with E-state index in [1.165, 1.54) is 17.1 Å². The molecule has 0 aliphatic heterocycles. The Morgan fingerprint density at radius 1 is 1.52 bits per heavy atom. The minimum absolute atomic E-state index is 0.201. The number of aromatic nitrogens is 4. The second-order valence-corrected chi connectivity index (χ2v) is 4.17. The summed E-state index contributed by atoms with van der Waals surface area (Å²) >= 11 is 0. The van der Waals surface area contributed by atoms with Crippen LogP contribution in [0.15, 0.2) is 12.4 Å². The van der Waals surface area contributed by atoms with Crippen LogP contribution in [-0.2, 0) is 11.8 Å². The summed E-state index contributed by atoms with van der Waals surface area (Å²) in [7, 11) is 1.68. The molecule has 0 fully saturated rings. The van der Waals surface area contributed by atoms with Crippen molar-refractivity contribution in [1.82, 2.24) is 19.7 Å². The number of hydrogen-bond acceptors (Lipinski definition) is 7. The van der Waals surface area contributed by atoms with Crippen LogP contribution in [0.3, 0.4) is 0 Å². The summed E-state index contributed by atoms with van der Waals surface area (Å²) in [5.41, 5.74) is 0.552. The fraction of sp³-hybridized carbons (Fsp3) is 0.308. The zero-order valence-electron chi connectivity index (χ0n) is 11.9. The van der Waals surface area contributed by atoms with Crippen LogP contribution in [0.1, 0.15) is 28.7 Å². The largest absolute Gasteiger partial charge is 0.462 e. The summed E-state index contributed by atoms with van der Waals surface area (Å²) in [5.74, 6) is 0.689. The number of esters is 1. The lowest BCUT2D eigenvalue weighted by molar-refractivity contribution is 0.0526. The molecule has 8 nitrogen and oxygen atoms in total. The number of ether oxygens (including phenoxy) is 1. The summed E-state index contributed by atoms with van der Waals surface area (Å²) in [5, 5.41) is 16.0. The van der Waals surface area contributed by atoms with E-state index in [0.717, 1.165) is 0 Å². The maximum atomic E-state index is 11.9. The number of carbonyl (C=O) groups excluding carboxylic acids is 1. The summed E-state index contributed by atoms with van der Waals surface area (Å²) in [6.07, 6.45) is 2.82. The van der Waals surface area contributed by atoms with Crippen LogP contribution in [0, 0.1) is 18.3 Å². The second kappa shape index (κ2) is 6.00. The van der Waals surface area contributed by atoms with E-state index in [2.05, 4.69) is 20.4 Å². The topological polar surface area (TPSA) is 106 Å². The average Bonchev–Trinajstić information content (AvgIpc) is 2.80. The van der Waals surface area contributed by atoms with Gasteiger partial charge in [0.25, 0.3) is 0 Å². The fourth-order valence-corrected chi connectivity index (χ4v) is 1.70. The zero-order valence-corrected chi connectivity index (χ0v) is 11.9. The minimum atomic E-state index is -0.527. The molecular formula is C13H14N6O2. The molecule has 0 aromatic carbocycles. The van der Waals surface area contributed by atoms with Gasteiger partial charge in [0.1, 0.15) is 34.7 Å². The first-order valence-corrected chi connectivity index (χ1v) is 6.26. The first-order chi connectivity index (χ1) is 10.1. The van der Waals surface area contributed by atoms with E-state index in [9.17, 15) is 4.79 Å². The molecular weight excluding hydrogens is 272 g/mol. The molecule has 0 saturated carbocycles. The minimum Gasteiger partial charge on any atom is -0.462 e. The lowest BCUT2D eigenvalue weighted by Crippen LogP contribution is -2.12. The molecule has 0 aliphatic rings. The van der Waals surface area contributed by atoms with E-state index in [-0.39, 0.29) is 18.0 Å². The third-order valence-corrected chi connectivity index (χ3v) is 2.70. The van der Waals surface area contributed by atoms with E-state index in [4.69, 9.17) is 10.00 Å². The van der Waals surface area contributed by atoms with Crippen molar-refractivity contribution in [3.8, 4) is 6.07 Å². The summed E-state index contributed by atoms with van der Waals surface area (Å²) < 4.78 is 6.46. The SMILES string of the molecule is CCOC(=O)c1cnc(C)nc1Nc1c(C#N)cnn1C. The number of hydrogen-bond donors (Lipinski definition) is 1. The average molecular weight is 286 g/mol. The lowest BCUT2D eigenvalue weighted by atomic mass is 10.3. The molecule has 2 aromatic rings. The number of nitrogens with one attached hydrogen (secondary N) is 1. The van der Waals surface area contributed by atoms with Crippen molar-refractivity contribution in [2.45, 2.75) is 13.8 Å². The summed E-state index contributed by atoms with van der Waals surface area (Å²) in [4.78, 5) is 20.1. The van der Waals surface area contributed by atoms with Crippen molar-refractivity contribution in [3.05, 3.63) is 29.3 Å². The molecule has 0 unspecified atom stereocenters. The quantitative estimate of drug-likeness (QED) is 0.844. The van der Waals surface area contributed by atoms with E-state index in [1.54, 1.807) is 20.9 Å². The standard InChI is InChI=1S/C13H14N6O2/c1-4-21-13(20)10-7-15-8(2)17-11(10)18-12-9(5-14)6-16-19(12)3/h6-7H,4H2,1-3H3,(H,15,17,18). The number of nitriles is 1. The van der Waals surface area contributed by atoms with Crippen molar-refractivity contribution < 1.29 is 9.53 Å². The molecule has 8 heteroatoms. The molecule has 0 spiro atoms. The molecule has 108 valence electrons. The van der Waals surface area contributed by atoms with Crippen LogP contribution < -0.4 is 5.32 Å². The molecule has 1 N–H and O–H groups in total. The first kappa shape index (κ1) is 14.5. The van der Waals surface area contributed by atoms with Gasteiger partial charge in [-0.05, 0) is 13.8 Å². The number of carbonyl (C=O) groups is 1. The third kappa shape index (κ3) is 2.97. The number of aryl methyl sites for hydroxylation is 2. The van der Waals surface area contributed by atoms with E-state index in [0.29, 0.717) is 17.2 Å². The molecule has 0 amide bonds. The van der Waals surface area contributed by atoms with Crippen LogP contribution in [0.5, 0.6) is 0 Å². The molecule has 2 heterocycles. The lowest BCUT2D eigenvalue weighted by Gasteiger charge is -2.11. The maximum Gasteiger partial charge on any atom is 0.343 e. The van der Waals surface area contributed by atoms with Crippen LogP contribution >= 0.6 is 0 Å². The van der Waals surface area contributed by atoms with Gasteiger partial charge in [-0.2, -0.15) is 10.4 Å². The smallest absolute Gasteiger partial charge is 0.343 e. The van der Waals surface area contributed by atoms with E-state index in [1.807, 2.05) is 6.07 Å². The Labute approximate surface area is 121 Å². The normalized spacial score (nSPS) is 10.0. The molecule has 2 rings (SSSR count). The Kier molecular flexibility index (Phi) is 4.13. The summed E-state index contributed by atoms with van der Waals surface area (Å²) in [6, 6.07) is 2.02. The van der Waals surface area contributed by atoms with Crippen molar-refractivity contribution in [2.24, 2.45) is 7.05 Å². The van der Waals surface area contributed by atoms with Crippen LogP contribution in [0.2, 0.25) is 0 Å². The highest BCUT2D eigenvalue weighted by Crippen LogP contribution is 2.21. The molecule has 0 saturated heterocycles. The number of rotatable bonds is 4. The highest BCUT2D eigenvalue weighted by molar-refractivity contribution is 5.95. The predicted octanol–water partition coefficient (Wildman–Crippen LogP) is 1.31. The molecule has 0 bridgehead atoms. The van der Waals surface area contributed by atoms with Crippen molar-refractivity contribution >= 4 is 17.6 Å². The highest BCUT2D eigenvalue weighted by Gasteiger charge is 2.18. The maximum absolute atomic E-state index is 11.9. The van der Waals surface area contributed by atoms with Gasteiger partial charge in [-0.25, -0.2) is 14.8 Å². The van der Waals surface area contributed by atoms with Crippen molar-refractivity contribution in [3.63, 3.8) is 0 Å². The summed E-state index contributed by atoms with van der Waals surface area (Å²) in [6.45, 7) is 3.67. The van der Waals surface area contributed by atoms with E-state index < -0.39 is 5.97 Å². The Morgan fingerprint density at radius 2 is 2.29 bits per heavy atom. The van der Waals surface area contributed by atoms with Crippen molar-refractivity contribution in [2.75, 3.05) is 11.9 Å². The van der Waals surface area contributed by atoms with Crippen molar-refractivity contribution in [1.29, 1.82) is 5.26 Å². The Hall–Kier alpha value is -2.95. The Balaban J connectivity index is 2.43. The van der Waals surface area contributed by atoms with Crippen LogP contribution in [-0.4, -0.2) is 32.3 Å². The molecule has 0 atom stereocenters. The van der Waals surface area contributed by atoms with Gasteiger partial charge in [-0.15, -0.1) is 0 Å². The number of nitrogens with zero attached hydrogens (tertiary/aromatic N) is 5. The van der Waals surface area contributed by atoms with E-state index >= 15 is 0 Å². The molecule has 21 heavy (non-hydrogen) atoms. The third-order valence-electron chi connectivity index (χ3n) is 2.70. The molecule has 2 aromatic heterocycles. The van der Waals surface area contributed by atoms with Crippen LogP contribution in [0.4, 0.5) is 11.6 Å². The van der Waals surface area contributed by atoms with Gasteiger partial charge in [0, 0.05) is 13.2 Å². The van der Waals surface area contributed by atoms with Gasteiger partial charge < -0.3 is 10.1 Å². The Morgan fingerprint density at radius 3 is 2.95 bits per heavy atom.